The number of aliphatic hydroxyl groups is 1. The maximum atomic E-state index is 12.5. The van der Waals surface area contributed by atoms with Gasteiger partial charge in [0.15, 0.2) is 0 Å². The van der Waals surface area contributed by atoms with E-state index in [1.165, 1.54) is 0 Å². The molecule has 2 fully saturated rings. The predicted octanol–water partition coefficient (Wildman–Crippen LogP) is 1.52. The number of fused-ring (bicyclic) bond motifs is 1. The van der Waals surface area contributed by atoms with Gasteiger partial charge in [0.25, 0.3) is 5.97 Å². The van der Waals surface area contributed by atoms with Crippen LogP contribution in [0.15, 0.2) is 30.3 Å². The molecule has 3 rings (SSSR count). The molecule has 0 aromatic heterocycles. The van der Waals surface area contributed by atoms with Gasteiger partial charge in [-0.2, -0.15) is 0 Å². The Balaban J connectivity index is 1.69. The summed E-state index contributed by atoms with van der Waals surface area (Å²) in [4.78, 5) is 26.6. The topological polar surface area (TPSA) is 109 Å². The van der Waals surface area contributed by atoms with Crippen LogP contribution >= 0.6 is 0 Å². The monoisotopic (exact) mass is 417 g/mol. The Hall–Kier alpha value is -2.80. The largest absolute Gasteiger partial charge is 0.445 e. The van der Waals surface area contributed by atoms with Gasteiger partial charge in [0.05, 0.1) is 25.3 Å². The van der Waals surface area contributed by atoms with Crippen LogP contribution in [0.1, 0.15) is 32.8 Å². The fourth-order valence-electron chi connectivity index (χ4n) is 3.13. The Morgan fingerprint density at radius 2 is 1.97 bits per heavy atom. The van der Waals surface area contributed by atoms with Crippen molar-refractivity contribution in [2.24, 2.45) is 0 Å². The van der Waals surface area contributed by atoms with Gasteiger partial charge in [-0.15, -0.1) is 0 Å². The summed E-state index contributed by atoms with van der Waals surface area (Å²) in [5.41, 5.74) is 0.0996. The molecule has 162 valence electrons. The molecule has 1 aromatic rings. The number of ether oxygens (including phenoxy) is 3. The van der Waals surface area contributed by atoms with E-state index < -0.39 is 23.8 Å². The number of hydrogen-bond acceptors (Lipinski definition) is 7. The summed E-state index contributed by atoms with van der Waals surface area (Å²) < 4.78 is 16.3. The van der Waals surface area contributed by atoms with Gasteiger partial charge in [0.1, 0.15) is 12.2 Å². The first-order valence-electron chi connectivity index (χ1n) is 9.76. The van der Waals surface area contributed by atoms with Gasteiger partial charge in [-0.1, -0.05) is 42.2 Å². The minimum Gasteiger partial charge on any atom is -0.445 e. The van der Waals surface area contributed by atoms with Crippen molar-refractivity contribution in [2.75, 3.05) is 13.2 Å². The zero-order valence-corrected chi connectivity index (χ0v) is 17.3. The normalized spacial score (nSPS) is 26.6. The fraction of sp³-hybridized carbons (Fsp3) is 0.524. The number of carbonyl (C=O) groups is 2. The minimum absolute atomic E-state index is 0.0355. The Kier molecular flexibility index (Phi) is 6.51. The molecular weight excluding hydrogens is 390 g/mol. The first-order valence-corrected chi connectivity index (χ1v) is 9.76. The molecule has 0 bridgehead atoms. The number of carbonyl (C=O) groups excluding carboxylic acids is 2. The molecule has 2 amide bonds. The highest BCUT2D eigenvalue weighted by Gasteiger charge is 2.67. The van der Waals surface area contributed by atoms with Gasteiger partial charge in [-0.25, -0.2) is 14.5 Å². The van der Waals surface area contributed by atoms with Crippen molar-refractivity contribution in [1.82, 2.24) is 15.5 Å². The Morgan fingerprint density at radius 3 is 2.63 bits per heavy atom. The predicted molar refractivity (Wildman–Crippen MR) is 107 cm³/mol. The first kappa shape index (κ1) is 21.9. The SMILES string of the molecule is CC(C)(C)OC(=O)NC1(NC(=O)OCc2ccccc2)OC[C@H]2[C@H](C#CCCO)N21. The molecule has 2 saturated heterocycles. The van der Waals surface area contributed by atoms with Crippen LogP contribution in [0.3, 0.4) is 0 Å². The fourth-order valence-corrected chi connectivity index (χ4v) is 3.13. The minimum atomic E-state index is -1.63. The second kappa shape index (κ2) is 8.92. The third kappa shape index (κ3) is 5.42. The molecule has 1 aromatic carbocycles. The molecule has 30 heavy (non-hydrogen) atoms. The zero-order valence-electron chi connectivity index (χ0n) is 17.3. The molecule has 0 spiro atoms. The highest BCUT2D eigenvalue weighted by molar-refractivity contribution is 5.72. The van der Waals surface area contributed by atoms with Crippen molar-refractivity contribution in [3.63, 3.8) is 0 Å². The van der Waals surface area contributed by atoms with E-state index >= 15 is 0 Å². The summed E-state index contributed by atoms with van der Waals surface area (Å²) in [6.07, 6.45) is -1.17. The molecule has 0 saturated carbocycles. The lowest BCUT2D eigenvalue weighted by atomic mass is 10.2. The number of rotatable bonds is 5. The van der Waals surface area contributed by atoms with Crippen molar-refractivity contribution in [3.05, 3.63) is 35.9 Å². The lowest BCUT2D eigenvalue weighted by molar-refractivity contribution is -0.116. The van der Waals surface area contributed by atoms with Crippen LogP contribution < -0.4 is 10.6 Å². The molecule has 2 aliphatic rings. The molecule has 2 aliphatic heterocycles. The highest BCUT2D eigenvalue weighted by atomic mass is 16.6. The van der Waals surface area contributed by atoms with E-state index in [2.05, 4.69) is 22.5 Å². The smallest absolute Gasteiger partial charge is 0.412 e. The molecule has 9 nitrogen and oxygen atoms in total. The average Bonchev–Trinajstić information content (AvgIpc) is 3.26. The third-order valence-electron chi connectivity index (χ3n) is 4.40. The maximum absolute atomic E-state index is 12.5. The lowest BCUT2D eigenvalue weighted by Crippen LogP contribution is -2.66. The molecule has 3 N–H and O–H groups in total. The van der Waals surface area contributed by atoms with E-state index in [1.54, 1.807) is 25.7 Å². The quantitative estimate of drug-likeness (QED) is 0.379. The van der Waals surface area contributed by atoms with Crippen LogP contribution in [0.25, 0.3) is 0 Å². The second-order valence-corrected chi connectivity index (χ2v) is 7.98. The first-order chi connectivity index (χ1) is 14.2. The Labute approximate surface area is 175 Å². The van der Waals surface area contributed by atoms with Gasteiger partial charge >= 0.3 is 12.2 Å². The van der Waals surface area contributed by atoms with E-state index in [9.17, 15) is 9.59 Å². The van der Waals surface area contributed by atoms with Crippen molar-refractivity contribution in [1.29, 1.82) is 0 Å². The molecule has 4 atom stereocenters. The van der Waals surface area contributed by atoms with Gasteiger partial charge in [-0.05, 0) is 26.3 Å². The molecule has 2 unspecified atom stereocenters. The standard InChI is InChI=1S/C21H27N3O6/c1-20(2,3)30-19(27)23-21(22-18(26)28-13-15-9-5-4-6-10-15)24-16(11-7-8-12-25)17(24)14-29-21/h4-6,9-10,16-17,25H,8,12-14H2,1-3H3,(H,22,26)(H,23,27)/t16-,17-,21?,24?/m0/s1. The summed E-state index contributed by atoms with van der Waals surface area (Å²) in [6, 6.07) is 8.91. The summed E-state index contributed by atoms with van der Waals surface area (Å²) >= 11 is 0. The van der Waals surface area contributed by atoms with Crippen LogP contribution in [0.5, 0.6) is 0 Å². The van der Waals surface area contributed by atoms with Gasteiger partial charge in [0.2, 0.25) is 0 Å². The van der Waals surface area contributed by atoms with Gasteiger partial charge in [-0.3, -0.25) is 10.6 Å². The number of amides is 2. The molecular formula is C21H27N3O6. The van der Waals surface area contributed by atoms with Gasteiger partial charge < -0.3 is 19.3 Å². The average molecular weight is 417 g/mol. The van der Waals surface area contributed by atoms with Crippen molar-refractivity contribution < 1.29 is 28.9 Å². The van der Waals surface area contributed by atoms with E-state index in [0.29, 0.717) is 6.42 Å². The van der Waals surface area contributed by atoms with Gasteiger partial charge in [0, 0.05) is 6.42 Å². The van der Waals surface area contributed by atoms with E-state index in [-0.39, 0.29) is 31.9 Å². The number of alkyl carbamates (subject to hydrolysis) is 2. The Bertz CT molecular complexity index is 829. The zero-order chi connectivity index (χ0) is 21.8. The van der Waals surface area contributed by atoms with Crippen molar-refractivity contribution >= 4 is 12.2 Å². The number of hydrogen-bond donors (Lipinski definition) is 3. The third-order valence-corrected chi connectivity index (χ3v) is 4.40. The van der Waals surface area contributed by atoms with Crippen molar-refractivity contribution in [2.45, 2.75) is 57.5 Å². The molecule has 0 radical (unpaired) electrons. The highest BCUT2D eigenvalue weighted by Crippen LogP contribution is 2.41. The number of nitrogens with zero attached hydrogens (tertiary/aromatic N) is 1. The van der Waals surface area contributed by atoms with Crippen LogP contribution in [0, 0.1) is 11.8 Å². The summed E-state index contributed by atoms with van der Waals surface area (Å²) in [7, 11) is 0. The van der Waals surface area contributed by atoms with E-state index in [4.69, 9.17) is 19.3 Å². The van der Waals surface area contributed by atoms with Crippen molar-refractivity contribution in [3.8, 4) is 11.8 Å². The van der Waals surface area contributed by atoms with E-state index in [1.807, 2.05) is 30.3 Å². The second-order valence-electron chi connectivity index (χ2n) is 7.98. The summed E-state index contributed by atoms with van der Waals surface area (Å²) in [5, 5.41) is 14.1. The maximum Gasteiger partial charge on any atom is 0.412 e. The summed E-state index contributed by atoms with van der Waals surface area (Å²) in [5.74, 6) is 4.26. The molecule has 9 heteroatoms. The number of nitrogens with one attached hydrogen (secondary N) is 2. The van der Waals surface area contributed by atoms with Crippen LogP contribution in [-0.4, -0.2) is 59.1 Å². The van der Waals surface area contributed by atoms with Crippen LogP contribution in [0.2, 0.25) is 0 Å². The Morgan fingerprint density at radius 1 is 1.27 bits per heavy atom. The lowest BCUT2D eigenvalue weighted by Gasteiger charge is -2.33. The number of benzene rings is 1. The summed E-state index contributed by atoms with van der Waals surface area (Å²) in [6.45, 7) is 5.50. The number of aliphatic hydroxyl groups excluding tert-OH is 1. The van der Waals surface area contributed by atoms with Crippen LogP contribution in [0.4, 0.5) is 9.59 Å². The molecule has 0 aliphatic carbocycles. The van der Waals surface area contributed by atoms with Crippen LogP contribution in [-0.2, 0) is 20.8 Å². The molecule has 2 heterocycles. The van der Waals surface area contributed by atoms with E-state index in [0.717, 1.165) is 5.56 Å².